The fraction of sp³-hybridized carbons (Fsp3) is 0.304. The summed E-state index contributed by atoms with van der Waals surface area (Å²) in [5.41, 5.74) is 1.16. The minimum atomic E-state index is -3.72. The predicted molar refractivity (Wildman–Crippen MR) is 129 cm³/mol. The highest BCUT2D eigenvalue weighted by atomic mass is 32.2. The maximum absolute atomic E-state index is 13.1. The van der Waals surface area contributed by atoms with Gasteiger partial charge in [-0.05, 0) is 50.3 Å². The number of hydrogen-bond acceptors (Lipinski definition) is 7. The van der Waals surface area contributed by atoms with Crippen molar-refractivity contribution in [1.82, 2.24) is 9.29 Å². The Bertz CT molecular complexity index is 1250. The van der Waals surface area contributed by atoms with E-state index in [1.165, 1.54) is 33.9 Å². The largest absolute Gasteiger partial charge is 0.489 e. The van der Waals surface area contributed by atoms with Gasteiger partial charge in [-0.25, -0.2) is 13.4 Å². The molecule has 33 heavy (non-hydrogen) atoms. The Hall–Kier alpha value is -2.79. The van der Waals surface area contributed by atoms with Crippen molar-refractivity contribution in [3.8, 4) is 5.75 Å². The summed E-state index contributed by atoms with van der Waals surface area (Å²) in [4.78, 5) is 17.2. The maximum atomic E-state index is 13.1. The number of ether oxygens (including phenoxy) is 2. The van der Waals surface area contributed by atoms with E-state index in [0.29, 0.717) is 37.1 Å². The zero-order valence-electron chi connectivity index (χ0n) is 18.4. The van der Waals surface area contributed by atoms with Crippen LogP contribution in [0.15, 0.2) is 53.4 Å². The molecule has 0 unspecified atom stereocenters. The van der Waals surface area contributed by atoms with Crippen molar-refractivity contribution in [2.24, 2.45) is 0 Å². The summed E-state index contributed by atoms with van der Waals surface area (Å²) in [5.74, 6) is -0.0172. The highest BCUT2D eigenvalue weighted by Gasteiger charge is 2.27. The normalized spacial score (nSPS) is 15.4. The number of morpholine rings is 1. The molecule has 0 bridgehead atoms. The first-order valence-electron chi connectivity index (χ1n) is 10.6. The molecule has 8 nitrogen and oxygen atoms in total. The zero-order chi connectivity index (χ0) is 23.4. The lowest BCUT2D eigenvalue weighted by atomic mass is 10.2. The number of sulfonamides is 1. The van der Waals surface area contributed by atoms with Crippen LogP contribution in [0.4, 0.5) is 5.69 Å². The molecule has 0 aliphatic carbocycles. The van der Waals surface area contributed by atoms with Gasteiger partial charge in [0.25, 0.3) is 0 Å². The van der Waals surface area contributed by atoms with Crippen LogP contribution in [0.2, 0.25) is 0 Å². The predicted octanol–water partition coefficient (Wildman–Crippen LogP) is 3.76. The first kappa shape index (κ1) is 23.4. The van der Waals surface area contributed by atoms with Crippen LogP contribution in [-0.4, -0.2) is 56.0 Å². The van der Waals surface area contributed by atoms with Crippen molar-refractivity contribution in [3.05, 3.63) is 53.5 Å². The number of hydrogen-bond donors (Lipinski definition) is 1. The van der Waals surface area contributed by atoms with Crippen LogP contribution >= 0.6 is 11.3 Å². The van der Waals surface area contributed by atoms with Gasteiger partial charge in [-0.2, -0.15) is 4.31 Å². The van der Waals surface area contributed by atoms with Crippen molar-refractivity contribution < 1.29 is 22.7 Å². The molecule has 2 aromatic carbocycles. The lowest BCUT2D eigenvalue weighted by molar-refractivity contribution is -0.111. The Morgan fingerprint density at radius 3 is 2.70 bits per heavy atom. The van der Waals surface area contributed by atoms with Crippen molar-refractivity contribution in [1.29, 1.82) is 0 Å². The number of thiazole rings is 1. The number of carbonyl (C=O) groups is 1. The van der Waals surface area contributed by atoms with Crippen molar-refractivity contribution in [3.63, 3.8) is 0 Å². The Morgan fingerprint density at radius 2 is 1.97 bits per heavy atom. The van der Waals surface area contributed by atoms with Gasteiger partial charge in [-0.1, -0.05) is 12.1 Å². The number of nitrogens with zero attached hydrogens (tertiary/aromatic N) is 2. The summed E-state index contributed by atoms with van der Waals surface area (Å²) < 4.78 is 39.6. The smallest absolute Gasteiger partial charge is 0.248 e. The first-order valence-corrected chi connectivity index (χ1v) is 12.8. The molecule has 0 saturated carbocycles. The van der Waals surface area contributed by atoms with Gasteiger partial charge in [0.1, 0.15) is 10.8 Å². The standard InChI is InChI=1S/C23H25N3O5S2/c1-16(2)31-20-8-7-17(33(28,29)26-11-13-30-14-12-26)15-19(20)24-22(27)9-10-23-25-18-5-3-4-6-21(18)32-23/h3-10,15-16H,11-14H2,1-2H3,(H,24,27)/b10-9+. The molecule has 10 heteroatoms. The van der Waals surface area contributed by atoms with Gasteiger partial charge in [-0.3, -0.25) is 4.79 Å². The van der Waals surface area contributed by atoms with Gasteiger partial charge in [0.2, 0.25) is 15.9 Å². The van der Waals surface area contributed by atoms with E-state index < -0.39 is 15.9 Å². The monoisotopic (exact) mass is 487 g/mol. The lowest BCUT2D eigenvalue weighted by Gasteiger charge is -2.26. The maximum Gasteiger partial charge on any atom is 0.248 e. The average molecular weight is 488 g/mol. The minimum Gasteiger partial charge on any atom is -0.489 e. The van der Waals surface area contributed by atoms with Gasteiger partial charge in [0.05, 0.1) is 40.1 Å². The molecule has 0 radical (unpaired) electrons. The van der Waals surface area contributed by atoms with Gasteiger partial charge < -0.3 is 14.8 Å². The minimum absolute atomic E-state index is 0.0889. The molecule has 2 heterocycles. The molecule has 1 aliphatic heterocycles. The average Bonchev–Trinajstić information content (AvgIpc) is 3.22. The highest BCUT2D eigenvalue weighted by Crippen LogP contribution is 2.30. The van der Waals surface area contributed by atoms with E-state index in [1.54, 1.807) is 12.1 Å². The van der Waals surface area contributed by atoms with Crippen LogP contribution in [-0.2, 0) is 19.6 Å². The number of rotatable bonds is 7. The van der Waals surface area contributed by atoms with Crippen LogP contribution < -0.4 is 10.1 Å². The molecule has 3 aromatic rings. The zero-order valence-corrected chi connectivity index (χ0v) is 20.0. The second-order valence-corrected chi connectivity index (χ2v) is 10.7. The molecule has 1 fully saturated rings. The quantitative estimate of drug-likeness (QED) is 0.510. The fourth-order valence-electron chi connectivity index (χ4n) is 3.34. The van der Waals surface area contributed by atoms with Gasteiger partial charge in [-0.15, -0.1) is 11.3 Å². The third-order valence-electron chi connectivity index (χ3n) is 4.87. The number of amides is 1. The Balaban J connectivity index is 1.57. The third kappa shape index (κ3) is 5.59. The first-order chi connectivity index (χ1) is 15.8. The summed E-state index contributed by atoms with van der Waals surface area (Å²) >= 11 is 1.48. The number of para-hydroxylation sites is 1. The number of aromatic nitrogens is 1. The SMILES string of the molecule is CC(C)Oc1ccc(S(=O)(=O)N2CCOCC2)cc1NC(=O)/C=C/c1nc2ccccc2s1. The highest BCUT2D eigenvalue weighted by molar-refractivity contribution is 7.89. The lowest BCUT2D eigenvalue weighted by Crippen LogP contribution is -2.40. The van der Waals surface area contributed by atoms with Crippen LogP contribution in [0.5, 0.6) is 5.75 Å². The molecular formula is C23H25N3O5S2. The second-order valence-electron chi connectivity index (χ2n) is 7.68. The second kappa shape index (κ2) is 10.0. The number of anilines is 1. The van der Waals surface area contributed by atoms with Crippen LogP contribution in [0.3, 0.4) is 0 Å². The molecule has 0 atom stereocenters. The van der Waals surface area contributed by atoms with E-state index in [2.05, 4.69) is 10.3 Å². The van der Waals surface area contributed by atoms with Crippen LogP contribution in [0.1, 0.15) is 18.9 Å². The van der Waals surface area contributed by atoms with Crippen LogP contribution in [0, 0.1) is 0 Å². The molecule has 1 saturated heterocycles. The Kier molecular flexibility index (Phi) is 7.08. The number of benzene rings is 2. The van der Waals surface area contributed by atoms with Gasteiger partial charge in [0.15, 0.2) is 0 Å². The summed E-state index contributed by atoms with van der Waals surface area (Å²) in [7, 11) is -3.72. The van der Waals surface area contributed by atoms with Crippen molar-refractivity contribution in [2.75, 3.05) is 31.6 Å². The molecule has 4 rings (SSSR count). The summed E-state index contributed by atoms with van der Waals surface area (Å²) in [6, 6.07) is 12.2. The van der Waals surface area contributed by atoms with Gasteiger partial charge in [0, 0.05) is 19.2 Å². The molecule has 1 aliphatic rings. The Morgan fingerprint density at radius 1 is 1.21 bits per heavy atom. The van der Waals surface area contributed by atoms with E-state index in [9.17, 15) is 13.2 Å². The molecule has 1 aromatic heterocycles. The van der Waals surface area contributed by atoms with E-state index in [-0.39, 0.29) is 16.7 Å². The van der Waals surface area contributed by atoms with Crippen LogP contribution in [0.25, 0.3) is 16.3 Å². The van der Waals surface area contributed by atoms with E-state index in [0.717, 1.165) is 10.2 Å². The number of carbonyl (C=O) groups excluding carboxylic acids is 1. The number of fused-ring (bicyclic) bond motifs is 1. The molecular weight excluding hydrogens is 462 g/mol. The molecule has 174 valence electrons. The molecule has 1 amide bonds. The van der Waals surface area contributed by atoms with Gasteiger partial charge >= 0.3 is 0 Å². The summed E-state index contributed by atoms with van der Waals surface area (Å²) in [6.45, 7) is 5.01. The van der Waals surface area contributed by atoms with E-state index in [1.807, 2.05) is 38.1 Å². The third-order valence-corrected chi connectivity index (χ3v) is 7.76. The summed E-state index contributed by atoms with van der Waals surface area (Å²) in [5, 5.41) is 3.46. The van der Waals surface area contributed by atoms with Crippen molar-refractivity contribution >= 4 is 49.2 Å². The topological polar surface area (TPSA) is 97.8 Å². The fourth-order valence-corrected chi connectivity index (χ4v) is 5.65. The molecule has 1 N–H and O–H groups in total. The van der Waals surface area contributed by atoms with E-state index in [4.69, 9.17) is 9.47 Å². The summed E-state index contributed by atoms with van der Waals surface area (Å²) in [6.07, 6.45) is 2.86. The Labute approximate surface area is 196 Å². The van der Waals surface area contributed by atoms with Crippen molar-refractivity contribution in [2.45, 2.75) is 24.8 Å². The molecule has 0 spiro atoms. The number of nitrogens with one attached hydrogen (secondary N) is 1. The van der Waals surface area contributed by atoms with E-state index >= 15 is 0 Å².